The molecule has 0 aliphatic carbocycles. The van der Waals surface area contributed by atoms with Gasteiger partial charge in [-0.25, -0.2) is 0 Å². The lowest BCUT2D eigenvalue weighted by atomic mass is 10.2. The molecule has 0 bridgehead atoms. The number of hydrogen-bond acceptors (Lipinski definition) is 3. The number of anilines is 1. The molecule has 2 aromatic carbocycles. The van der Waals surface area contributed by atoms with E-state index >= 15 is 0 Å². The Hall–Kier alpha value is -1.09. The second-order valence-electron chi connectivity index (χ2n) is 5.72. The van der Waals surface area contributed by atoms with Crippen molar-refractivity contribution in [3.8, 4) is 11.5 Å². The molecule has 0 heterocycles. The van der Waals surface area contributed by atoms with E-state index in [1.807, 2.05) is 0 Å². The molecule has 0 unspecified atom stereocenters. The Morgan fingerprint density at radius 3 is 2.21 bits per heavy atom. The molecule has 0 fully saturated rings. The normalized spacial score (nSPS) is 11.1. The summed E-state index contributed by atoms with van der Waals surface area (Å²) >= 11 is 18.9. The molecule has 0 radical (unpaired) electrons. The Balaban J connectivity index is 1.79. The van der Waals surface area contributed by atoms with Gasteiger partial charge >= 0.3 is 6.18 Å². The van der Waals surface area contributed by atoms with Gasteiger partial charge in [0, 0.05) is 24.4 Å². The first kappa shape index (κ1) is 24.2. The van der Waals surface area contributed by atoms with Crippen LogP contribution in [-0.4, -0.2) is 19.8 Å². The van der Waals surface area contributed by atoms with Crippen LogP contribution in [0.1, 0.15) is 12.0 Å². The summed E-state index contributed by atoms with van der Waals surface area (Å²) in [5.41, 5.74) is -0.0846. The molecule has 2 aromatic rings. The zero-order valence-electron chi connectivity index (χ0n) is 14.8. The van der Waals surface area contributed by atoms with E-state index in [9.17, 15) is 13.2 Å². The number of hydrogen-bond donors (Lipinski definition) is 1. The molecule has 0 amide bonds. The molecule has 29 heavy (non-hydrogen) atoms. The molecule has 0 atom stereocenters. The Labute approximate surface area is 193 Å². The largest absolute Gasteiger partial charge is 0.490 e. The molecular formula is C19H16Br2Cl2F3NO2. The van der Waals surface area contributed by atoms with Crippen LogP contribution in [0.15, 0.2) is 45.9 Å². The van der Waals surface area contributed by atoms with E-state index in [0.717, 1.165) is 15.5 Å². The second-order valence-corrected chi connectivity index (χ2v) is 9.31. The molecule has 3 nitrogen and oxygen atoms in total. The van der Waals surface area contributed by atoms with Crippen molar-refractivity contribution in [3.63, 3.8) is 0 Å². The maximum atomic E-state index is 12.5. The van der Waals surface area contributed by atoms with Gasteiger partial charge in [0.2, 0.25) is 0 Å². The molecule has 0 saturated carbocycles. The minimum Gasteiger partial charge on any atom is -0.490 e. The summed E-state index contributed by atoms with van der Waals surface area (Å²) in [5, 5.41) is 3.68. The first-order chi connectivity index (χ1) is 13.7. The predicted molar refractivity (Wildman–Crippen MR) is 118 cm³/mol. The van der Waals surface area contributed by atoms with E-state index in [-0.39, 0.29) is 0 Å². The third-order valence-electron chi connectivity index (χ3n) is 3.57. The average molecular weight is 578 g/mol. The van der Waals surface area contributed by atoms with Gasteiger partial charge in [-0.3, -0.25) is 0 Å². The summed E-state index contributed by atoms with van der Waals surface area (Å²) in [4.78, 5) is 0. The zero-order valence-corrected chi connectivity index (χ0v) is 19.5. The van der Waals surface area contributed by atoms with E-state index in [1.165, 1.54) is 12.1 Å². The fourth-order valence-corrected chi connectivity index (χ4v) is 3.06. The van der Waals surface area contributed by atoms with Gasteiger partial charge in [-0.2, -0.15) is 13.2 Å². The summed E-state index contributed by atoms with van der Waals surface area (Å²) in [7, 11) is 0. The molecule has 0 spiro atoms. The molecule has 158 valence electrons. The van der Waals surface area contributed by atoms with Crippen molar-refractivity contribution >= 4 is 60.7 Å². The van der Waals surface area contributed by atoms with Crippen LogP contribution in [0, 0.1) is 0 Å². The van der Waals surface area contributed by atoms with E-state index in [0.29, 0.717) is 53.4 Å². The van der Waals surface area contributed by atoms with Gasteiger partial charge < -0.3 is 14.8 Å². The monoisotopic (exact) mass is 575 g/mol. The summed E-state index contributed by atoms with van der Waals surface area (Å²) in [6.07, 6.45) is -1.97. The summed E-state index contributed by atoms with van der Waals surface area (Å²) < 4.78 is 49.5. The minimum absolute atomic E-state index is 0.324. The molecule has 0 aromatic heterocycles. The highest BCUT2D eigenvalue weighted by atomic mass is 79.9. The average Bonchev–Trinajstić information content (AvgIpc) is 2.62. The number of ether oxygens (including phenoxy) is 2. The lowest BCUT2D eigenvalue weighted by Crippen LogP contribution is -2.08. The number of halogens is 7. The van der Waals surface area contributed by atoms with Crippen LogP contribution in [0.4, 0.5) is 18.9 Å². The molecule has 0 aliphatic rings. The van der Waals surface area contributed by atoms with Crippen LogP contribution in [0.3, 0.4) is 0 Å². The smallest absolute Gasteiger partial charge is 0.416 e. The highest BCUT2D eigenvalue weighted by molar-refractivity contribution is 9.28. The number of rotatable bonds is 9. The standard InChI is InChI=1S/C19H16Br2Cl2F3NO2/c20-17(21)6-9-28-14-10-15(22)18(16(23)11-14)29-8-1-7-27-13-4-2-12(3-5-13)19(24,25)26/h2-6,10-11,27H,1,7-9H2. The van der Waals surface area contributed by atoms with E-state index in [2.05, 4.69) is 37.2 Å². The van der Waals surface area contributed by atoms with Crippen LogP contribution >= 0.6 is 55.1 Å². The zero-order chi connectivity index (χ0) is 21.4. The SMILES string of the molecule is FC(F)(F)c1ccc(NCCCOc2c(Cl)cc(OCC=C(Br)Br)cc2Cl)cc1. The first-order valence-corrected chi connectivity index (χ1v) is 10.7. The quantitative estimate of drug-likeness (QED) is 0.307. The van der Waals surface area contributed by atoms with Crippen molar-refractivity contribution < 1.29 is 22.6 Å². The third kappa shape index (κ3) is 8.28. The predicted octanol–water partition coefficient (Wildman–Crippen LogP) is 7.90. The van der Waals surface area contributed by atoms with E-state index in [1.54, 1.807) is 18.2 Å². The van der Waals surface area contributed by atoms with Gasteiger partial charge in [-0.15, -0.1) is 0 Å². The van der Waals surface area contributed by atoms with Crippen LogP contribution < -0.4 is 14.8 Å². The topological polar surface area (TPSA) is 30.5 Å². The van der Waals surface area contributed by atoms with Gasteiger partial charge in [0.05, 0.1) is 25.6 Å². The van der Waals surface area contributed by atoms with Gasteiger partial charge in [0.1, 0.15) is 12.4 Å². The molecule has 10 heteroatoms. The Kier molecular flexibility index (Phi) is 9.46. The molecule has 0 aliphatic heterocycles. The van der Waals surface area contributed by atoms with Crippen molar-refractivity contribution in [2.24, 2.45) is 0 Å². The summed E-state index contributed by atoms with van der Waals surface area (Å²) in [6.45, 7) is 1.16. The van der Waals surface area contributed by atoms with Crippen LogP contribution in [0.5, 0.6) is 11.5 Å². The molecule has 1 N–H and O–H groups in total. The maximum Gasteiger partial charge on any atom is 0.416 e. The fraction of sp³-hybridized carbons (Fsp3) is 0.263. The second kappa shape index (κ2) is 11.3. The van der Waals surface area contributed by atoms with E-state index < -0.39 is 11.7 Å². The molecular weight excluding hydrogens is 562 g/mol. The minimum atomic E-state index is -4.34. The van der Waals surface area contributed by atoms with Crippen molar-refractivity contribution in [2.75, 3.05) is 25.1 Å². The number of benzene rings is 2. The first-order valence-electron chi connectivity index (χ1n) is 8.34. The van der Waals surface area contributed by atoms with Crippen LogP contribution in [-0.2, 0) is 6.18 Å². The van der Waals surface area contributed by atoms with Crippen molar-refractivity contribution in [1.29, 1.82) is 0 Å². The van der Waals surface area contributed by atoms with Crippen LogP contribution in [0.25, 0.3) is 0 Å². The van der Waals surface area contributed by atoms with Gasteiger partial charge in [-0.1, -0.05) is 23.2 Å². The van der Waals surface area contributed by atoms with Crippen molar-refractivity contribution in [2.45, 2.75) is 12.6 Å². The van der Waals surface area contributed by atoms with Gasteiger partial charge in [0.25, 0.3) is 0 Å². The molecule has 2 rings (SSSR count). The van der Waals surface area contributed by atoms with Gasteiger partial charge in [-0.05, 0) is 68.6 Å². The van der Waals surface area contributed by atoms with E-state index in [4.69, 9.17) is 32.7 Å². The maximum absolute atomic E-state index is 12.5. The number of nitrogens with one attached hydrogen (secondary N) is 1. The molecule has 0 saturated heterocycles. The van der Waals surface area contributed by atoms with Crippen molar-refractivity contribution in [3.05, 3.63) is 61.5 Å². The Morgan fingerprint density at radius 2 is 1.66 bits per heavy atom. The Bertz CT molecular complexity index is 819. The third-order valence-corrected chi connectivity index (χ3v) is 4.78. The van der Waals surface area contributed by atoms with Crippen molar-refractivity contribution in [1.82, 2.24) is 0 Å². The lowest BCUT2D eigenvalue weighted by molar-refractivity contribution is -0.137. The van der Waals surface area contributed by atoms with Gasteiger partial charge in [0.15, 0.2) is 5.75 Å². The fourth-order valence-electron chi connectivity index (χ4n) is 2.21. The summed E-state index contributed by atoms with van der Waals surface area (Å²) in [6, 6.07) is 8.07. The number of alkyl halides is 3. The highest BCUT2D eigenvalue weighted by Gasteiger charge is 2.29. The Morgan fingerprint density at radius 1 is 1.03 bits per heavy atom. The highest BCUT2D eigenvalue weighted by Crippen LogP contribution is 2.37. The van der Waals surface area contributed by atoms with Crippen LogP contribution in [0.2, 0.25) is 10.0 Å². The summed E-state index contributed by atoms with van der Waals surface area (Å²) in [5.74, 6) is 0.862. The lowest BCUT2D eigenvalue weighted by Gasteiger charge is -2.13.